The van der Waals surface area contributed by atoms with E-state index in [9.17, 15) is 0 Å². The number of nitrogens with zero attached hydrogens (tertiary/aromatic N) is 2. The highest BCUT2D eigenvalue weighted by atomic mass is 15.1. The molecule has 0 atom stereocenters. The Labute approximate surface area is 67.1 Å². The van der Waals surface area contributed by atoms with Gasteiger partial charge in [-0.3, -0.25) is 5.10 Å². The molecule has 1 rings (SSSR count). The molecule has 1 aromatic rings. The van der Waals surface area contributed by atoms with Crippen LogP contribution in [-0.2, 0) is 0 Å². The second kappa shape index (κ2) is 5.48. The third-order valence-electron chi connectivity index (χ3n) is 0.627. The van der Waals surface area contributed by atoms with Gasteiger partial charge in [0.25, 0.3) is 0 Å². The maximum atomic E-state index is 8.12. The highest BCUT2D eigenvalue weighted by Crippen LogP contribution is 1.85. The number of aromatic amines is 1. The Bertz CT molecular complexity index is 203. The first kappa shape index (κ1) is 9.70. The molecule has 0 fully saturated rings. The lowest BCUT2D eigenvalue weighted by Crippen LogP contribution is -1.66. The van der Waals surface area contributed by atoms with Crippen LogP contribution in [0.5, 0.6) is 0 Å². The molecule has 60 valence electrons. The van der Waals surface area contributed by atoms with Crippen LogP contribution in [-0.4, -0.2) is 10.2 Å². The van der Waals surface area contributed by atoms with Crippen molar-refractivity contribution in [3.63, 3.8) is 0 Å². The second-order valence-electron chi connectivity index (χ2n) is 2.83. The van der Waals surface area contributed by atoms with Gasteiger partial charge < -0.3 is 0 Å². The number of nitriles is 1. The van der Waals surface area contributed by atoms with Crippen LogP contribution in [0.1, 0.15) is 26.3 Å². The summed E-state index contributed by atoms with van der Waals surface area (Å²) in [5.41, 5.74) is 0.569. The normalized spacial score (nSPS) is 8.27. The average molecular weight is 151 g/mol. The predicted octanol–water partition coefficient (Wildman–Crippen LogP) is 1.94. The Morgan fingerprint density at radius 3 is 2.27 bits per heavy atom. The van der Waals surface area contributed by atoms with Crippen LogP contribution in [0.4, 0.5) is 0 Å². The molecular weight excluding hydrogens is 138 g/mol. The molecule has 3 heteroatoms. The van der Waals surface area contributed by atoms with E-state index in [1.807, 2.05) is 6.07 Å². The zero-order chi connectivity index (χ0) is 8.69. The number of nitrogens with one attached hydrogen (secondary N) is 1. The number of hydrogen-bond acceptors (Lipinski definition) is 2. The molecule has 1 aromatic heterocycles. The largest absolute Gasteiger partial charge is 0.284 e. The van der Waals surface area contributed by atoms with E-state index in [1.165, 1.54) is 6.20 Å². The zero-order valence-electron chi connectivity index (χ0n) is 7.13. The fourth-order valence-corrected chi connectivity index (χ4v) is 0.312. The van der Waals surface area contributed by atoms with Crippen molar-refractivity contribution in [3.05, 3.63) is 18.0 Å². The maximum Gasteiger partial charge on any atom is 0.102 e. The summed E-state index contributed by atoms with van der Waals surface area (Å²) in [4.78, 5) is 0. The molecule has 0 saturated carbocycles. The van der Waals surface area contributed by atoms with Gasteiger partial charge in [-0.1, -0.05) is 20.8 Å². The van der Waals surface area contributed by atoms with Gasteiger partial charge in [0.15, 0.2) is 0 Å². The highest BCUT2D eigenvalue weighted by Gasteiger charge is 1.82. The summed E-state index contributed by atoms with van der Waals surface area (Å²) < 4.78 is 0. The van der Waals surface area contributed by atoms with E-state index < -0.39 is 0 Å². The average Bonchev–Trinajstić information content (AvgIpc) is 2.36. The van der Waals surface area contributed by atoms with Crippen molar-refractivity contribution in [2.75, 3.05) is 0 Å². The number of rotatable bonds is 0. The van der Waals surface area contributed by atoms with Crippen molar-refractivity contribution >= 4 is 0 Å². The quantitative estimate of drug-likeness (QED) is 0.616. The van der Waals surface area contributed by atoms with E-state index in [0.717, 1.165) is 5.92 Å². The minimum Gasteiger partial charge on any atom is -0.284 e. The molecular formula is C8H13N3. The zero-order valence-corrected chi connectivity index (χ0v) is 7.13. The molecule has 0 unspecified atom stereocenters. The lowest BCUT2D eigenvalue weighted by atomic mass is 10.3. The highest BCUT2D eigenvalue weighted by molar-refractivity contribution is 5.20. The number of H-pyrrole nitrogens is 1. The van der Waals surface area contributed by atoms with Gasteiger partial charge in [0.05, 0.1) is 11.8 Å². The molecule has 0 aliphatic carbocycles. The summed E-state index contributed by atoms with van der Waals surface area (Å²) in [5, 5.41) is 14.2. The molecule has 0 saturated heterocycles. The third kappa shape index (κ3) is 6.59. The molecule has 1 N–H and O–H groups in total. The fourth-order valence-electron chi connectivity index (χ4n) is 0.312. The summed E-state index contributed by atoms with van der Waals surface area (Å²) in [6.45, 7) is 6.50. The molecule has 0 aliphatic rings. The Morgan fingerprint density at radius 2 is 2.09 bits per heavy atom. The molecule has 11 heavy (non-hydrogen) atoms. The van der Waals surface area contributed by atoms with E-state index in [0.29, 0.717) is 5.56 Å². The van der Waals surface area contributed by atoms with Crippen LogP contribution >= 0.6 is 0 Å². The third-order valence-corrected chi connectivity index (χ3v) is 0.627. The molecule has 1 heterocycles. The van der Waals surface area contributed by atoms with Crippen LogP contribution < -0.4 is 0 Å². The van der Waals surface area contributed by atoms with Gasteiger partial charge >= 0.3 is 0 Å². The summed E-state index contributed by atoms with van der Waals surface area (Å²) in [5.74, 6) is 0.833. The maximum absolute atomic E-state index is 8.12. The van der Waals surface area contributed by atoms with Gasteiger partial charge in [0.1, 0.15) is 6.07 Å². The Morgan fingerprint density at radius 1 is 1.55 bits per heavy atom. The molecule has 0 spiro atoms. The van der Waals surface area contributed by atoms with E-state index in [1.54, 1.807) is 6.20 Å². The van der Waals surface area contributed by atoms with Gasteiger partial charge in [-0.05, 0) is 5.92 Å². The summed E-state index contributed by atoms with van der Waals surface area (Å²) in [6, 6.07) is 1.91. The first-order valence-electron chi connectivity index (χ1n) is 3.55. The van der Waals surface area contributed by atoms with Crippen LogP contribution in [0.2, 0.25) is 0 Å². The summed E-state index contributed by atoms with van der Waals surface area (Å²) in [6.07, 6.45) is 3.01. The second-order valence-corrected chi connectivity index (χ2v) is 2.83. The van der Waals surface area contributed by atoms with E-state index in [-0.39, 0.29) is 0 Å². The number of hydrogen-bond donors (Lipinski definition) is 1. The van der Waals surface area contributed by atoms with Gasteiger partial charge in [-0.15, -0.1) is 0 Å². The van der Waals surface area contributed by atoms with Crippen molar-refractivity contribution in [3.8, 4) is 6.07 Å². The molecule has 0 radical (unpaired) electrons. The van der Waals surface area contributed by atoms with Crippen molar-refractivity contribution in [1.82, 2.24) is 10.2 Å². The van der Waals surface area contributed by atoms with Crippen molar-refractivity contribution < 1.29 is 0 Å². The van der Waals surface area contributed by atoms with Crippen LogP contribution in [0.25, 0.3) is 0 Å². The predicted molar refractivity (Wildman–Crippen MR) is 43.8 cm³/mol. The summed E-state index contributed by atoms with van der Waals surface area (Å²) >= 11 is 0. The lowest BCUT2D eigenvalue weighted by Gasteiger charge is -1.79. The molecule has 0 aliphatic heterocycles. The van der Waals surface area contributed by atoms with E-state index in [2.05, 4.69) is 31.0 Å². The first-order chi connectivity index (χ1) is 5.16. The van der Waals surface area contributed by atoms with Gasteiger partial charge in [0.2, 0.25) is 0 Å². The molecule has 0 amide bonds. The lowest BCUT2D eigenvalue weighted by molar-refractivity contribution is 0.737. The monoisotopic (exact) mass is 151 g/mol. The minimum absolute atomic E-state index is 0.569. The Balaban J connectivity index is 0.000000218. The van der Waals surface area contributed by atoms with Gasteiger partial charge in [-0.25, -0.2) is 0 Å². The van der Waals surface area contributed by atoms with Crippen molar-refractivity contribution in [2.24, 2.45) is 5.92 Å². The van der Waals surface area contributed by atoms with Crippen molar-refractivity contribution in [1.29, 1.82) is 5.26 Å². The van der Waals surface area contributed by atoms with Crippen LogP contribution in [0.15, 0.2) is 12.4 Å². The summed E-state index contributed by atoms with van der Waals surface area (Å²) in [7, 11) is 0. The SMILES string of the molecule is CC(C)C.N#Cc1cn[nH]c1. The van der Waals surface area contributed by atoms with E-state index >= 15 is 0 Å². The topological polar surface area (TPSA) is 52.5 Å². The van der Waals surface area contributed by atoms with E-state index in [4.69, 9.17) is 5.26 Å². The molecule has 0 aromatic carbocycles. The van der Waals surface area contributed by atoms with Gasteiger partial charge in [0, 0.05) is 6.20 Å². The molecule has 0 bridgehead atoms. The number of aromatic nitrogens is 2. The Hall–Kier alpha value is -1.30. The Kier molecular flexibility index (Phi) is 4.83. The van der Waals surface area contributed by atoms with Crippen molar-refractivity contribution in [2.45, 2.75) is 20.8 Å². The fraction of sp³-hybridized carbons (Fsp3) is 0.500. The minimum atomic E-state index is 0.569. The smallest absolute Gasteiger partial charge is 0.102 e. The van der Waals surface area contributed by atoms with Gasteiger partial charge in [-0.2, -0.15) is 10.4 Å². The van der Waals surface area contributed by atoms with Crippen LogP contribution in [0, 0.1) is 17.2 Å². The first-order valence-corrected chi connectivity index (χ1v) is 3.55. The van der Waals surface area contributed by atoms with Crippen LogP contribution in [0.3, 0.4) is 0 Å². The molecule has 3 nitrogen and oxygen atoms in total. The standard InChI is InChI=1S/C4H3N3.C4H10/c5-1-4-2-6-7-3-4;1-4(2)3/h2-3H,(H,6,7);4H,1-3H3.